The molecule has 0 amide bonds. The molecule has 0 aliphatic carbocycles. The van der Waals surface area contributed by atoms with Gasteiger partial charge in [-0.25, -0.2) is 0 Å². The van der Waals surface area contributed by atoms with Gasteiger partial charge in [0.05, 0.1) is 6.04 Å². The molecular weight excluding hydrogens is 176 g/mol. The lowest BCUT2D eigenvalue weighted by Crippen LogP contribution is -2.39. The lowest BCUT2D eigenvalue weighted by Gasteiger charge is -2.34. The second kappa shape index (κ2) is 5.78. The topological polar surface area (TPSA) is 41.5 Å². The first-order valence-corrected chi connectivity index (χ1v) is 5.12. The average molecular weight is 198 g/mol. The summed E-state index contributed by atoms with van der Waals surface area (Å²) in [4.78, 5) is 10.2. The van der Waals surface area contributed by atoms with Gasteiger partial charge in [-0.15, -0.1) is 11.5 Å². The molecule has 0 heterocycles. The quantitative estimate of drug-likeness (QED) is 0.387. The summed E-state index contributed by atoms with van der Waals surface area (Å²) in [6.07, 6.45) is 3.66. The summed E-state index contributed by atoms with van der Waals surface area (Å²) in [5.41, 5.74) is 2.69. The van der Waals surface area contributed by atoms with Gasteiger partial charge in [0.1, 0.15) is 0 Å². The Kier molecular flexibility index (Phi) is 5.43. The SMILES string of the molecule is C=CCC(NN=O)C(C)(C)CC(C)C. The molecule has 1 unspecified atom stereocenters. The Morgan fingerprint density at radius 2 is 2.07 bits per heavy atom. The molecule has 14 heavy (non-hydrogen) atoms. The van der Waals surface area contributed by atoms with Crippen molar-refractivity contribution in [3.8, 4) is 0 Å². The highest BCUT2D eigenvalue weighted by Crippen LogP contribution is 2.31. The summed E-state index contributed by atoms with van der Waals surface area (Å²) in [6.45, 7) is 12.4. The van der Waals surface area contributed by atoms with E-state index in [0.717, 1.165) is 12.8 Å². The number of rotatable bonds is 7. The molecule has 0 bridgehead atoms. The van der Waals surface area contributed by atoms with Gasteiger partial charge in [0.25, 0.3) is 0 Å². The number of hydrogen-bond acceptors (Lipinski definition) is 2. The highest BCUT2D eigenvalue weighted by Gasteiger charge is 2.29. The third-order valence-corrected chi connectivity index (χ3v) is 2.49. The van der Waals surface area contributed by atoms with Crippen LogP contribution in [-0.2, 0) is 0 Å². The first-order chi connectivity index (χ1) is 6.44. The van der Waals surface area contributed by atoms with Gasteiger partial charge in [-0.05, 0) is 24.2 Å². The lowest BCUT2D eigenvalue weighted by molar-refractivity contribution is 0.198. The van der Waals surface area contributed by atoms with E-state index in [-0.39, 0.29) is 11.5 Å². The van der Waals surface area contributed by atoms with Crippen molar-refractivity contribution in [3.05, 3.63) is 17.6 Å². The summed E-state index contributed by atoms with van der Waals surface area (Å²) in [5.74, 6) is 0.616. The van der Waals surface area contributed by atoms with E-state index in [9.17, 15) is 4.91 Å². The third-order valence-electron chi connectivity index (χ3n) is 2.49. The Labute approximate surface area is 86.9 Å². The Morgan fingerprint density at radius 3 is 2.43 bits per heavy atom. The van der Waals surface area contributed by atoms with E-state index < -0.39 is 0 Å². The highest BCUT2D eigenvalue weighted by atomic mass is 16.3. The maximum Gasteiger partial charge on any atom is 0.0557 e. The van der Waals surface area contributed by atoms with E-state index >= 15 is 0 Å². The maximum absolute atomic E-state index is 10.2. The van der Waals surface area contributed by atoms with Gasteiger partial charge in [0, 0.05) is 5.29 Å². The minimum Gasteiger partial charge on any atom is -0.270 e. The van der Waals surface area contributed by atoms with Crippen molar-refractivity contribution in [1.29, 1.82) is 0 Å². The van der Waals surface area contributed by atoms with Crippen LogP contribution in [0.15, 0.2) is 17.9 Å². The molecule has 0 saturated carbocycles. The molecule has 3 nitrogen and oxygen atoms in total. The second-order valence-corrected chi connectivity index (χ2v) is 4.88. The van der Waals surface area contributed by atoms with Crippen LogP contribution in [-0.4, -0.2) is 6.04 Å². The molecule has 3 heteroatoms. The van der Waals surface area contributed by atoms with Crippen LogP contribution in [0.1, 0.15) is 40.5 Å². The minimum absolute atomic E-state index is 0.0657. The molecule has 0 saturated heterocycles. The molecule has 1 atom stereocenters. The van der Waals surface area contributed by atoms with Crippen molar-refractivity contribution in [3.63, 3.8) is 0 Å². The number of nitrogens with one attached hydrogen (secondary N) is 1. The van der Waals surface area contributed by atoms with Crippen LogP contribution >= 0.6 is 0 Å². The molecule has 0 fully saturated rings. The van der Waals surface area contributed by atoms with E-state index in [4.69, 9.17) is 0 Å². The third kappa shape index (κ3) is 4.40. The summed E-state index contributed by atoms with van der Waals surface area (Å²) >= 11 is 0. The molecule has 0 aromatic rings. The van der Waals surface area contributed by atoms with Gasteiger partial charge in [-0.1, -0.05) is 33.8 Å². The zero-order valence-electron chi connectivity index (χ0n) is 9.71. The van der Waals surface area contributed by atoms with Gasteiger partial charge in [0.2, 0.25) is 0 Å². The monoisotopic (exact) mass is 198 g/mol. The van der Waals surface area contributed by atoms with Gasteiger partial charge in [-0.2, -0.15) is 0 Å². The molecule has 0 aliphatic heterocycles. The fourth-order valence-electron chi connectivity index (χ4n) is 1.97. The molecule has 82 valence electrons. The second-order valence-electron chi connectivity index (χ2n) is 4.88. The number of hydrogen-bond donors (Lipinski definition) is 1. The number of nitrogens with zero attached hydrogens (tertiary/aromatic N) is 1. The predicted octanol–water partition coefficient (Wildman–Crippen LogP) is 3.27. The van der Waals surface area contributed by atoms with Crippen molar-refractivity contribution in [2.24, 2.45) is 16.6 Å². The standard InChI is InChI=1S/C11H22N2O/c1-6-7-10(12-13-14)11(4,5)8-9(2)3/h6,9-10H,1,7-8H2,2-5H3,(H,12,14). The molecule has 0 rings (SSSR count). The van der Waals surface area contributed by atoms with E-state index in [1.54, 1.807) is 0 Å². The van der Waals surface area contributed by atoms with Crippen LogP contribution in [0, 0.1) is 16.2 Å². The van der Waals surface area contributed by atoms with Gasteiger partial charge in [-0.3, -0.25) is 5.43 Å². The van der Waals surface area contributed by atoms with Crippen molar-refractivity contribution < 1.29 is 0 Å². The average Bonchev–Trinajstić information content (AvgIpc) is 2.01. The zero-order valence-corrected chi connectivity index (χ0v) is 9.71. The molecule has 0 aliphatic rings. The van der Waals surface area contributed by atoms with Crippen LogP contribution in [0.25, 0.3) is 0 Å². The predicted molar refractivity (Wildman–Crippen MR) is 60.8 cm³/mol. The molecule has 0 aromatic carbocycles. The summed E-state index contributed by atoms with van der Waals surface area (Å²) < 4.78 is 0. The molecule has 0 radical (unpaired) electrons. The highest BCUT2D eigenvalue weighted by molar-refractivity contribution is 4.88. The Morgan fingerprint density at radius 1 is 1.50 bits per heavy atom. The lowest BCUT2D eigenvalue weighted by atomic mass is 9.76. The van der Waals surface area contributed by atoms with Crippen molar-refractivity contribution >= 4 is 0 Å². The fraction of sp³-hybridized carbons (Fsp3) is 0.818. The van der Waals surface area contributed by atoms with E-state index in [0.29, 0.717) is 5.92 Å². The Hall–Kier alpha value is -0.860. The van der Waals surface area contributed by atoms with Gasteiger partial charge in [0.15, 0.2) is 0 Å². The molecule has 0 spiro atoms. The van der Waals surface area contributed by atoms with Crippen LogP contribution in [0.2, 0.25) is 0 Å². The van der Waals surface area contributed by atoms with E-state index in [1.165, 1.54) is 0 Å². The molecule has 0 aromatic heterocycles. The first-order valence-electron chi connectivity index (χ1n) is 5.12. The number of nitroso groups, excluding NO2 is 1. The summed E-state index contributed by atoms with van der Waals surface area (Å²) in [6, 6.07) is 0.0832. The van der Waals surface area contributed by atoms with Crippen molar-refractivity contribution in [1.82, 2.24) is 5.43 Å². The van der Waals surface area contributed by atoms with Gasteiger partial charge >= 0.3 is 0 Å². The maximum atomic E-state index is 10.2. The molecule has 1 N–H and O–H groups in total. The largest absolute Gasteiger partial charge is 0.270 e. The Balaban J connectivity index is 4.42. The van der Waals surface area contributed by atoms with Crippen LogP contribution in [0.3, 0.4) is 0 Å². The van der Waals surface area contributed by atoms with Crippen LogP contribution in [0.4, 0.5) is 0 Å². The first kappa shape index (κ1) is 13.1. The van der Waals surface area contributed by atoms with E-state index in [1.807, 2.05) is 6.08 Å². The normalized spacial score (nSPS) is 13.8. The minimum atomic E-state index is 0.0657. The summed E-state index contributed by atoms with van der Waals surface area (Å²) in [7, 11) is 0. The Bertz CT molecular complexity index is 178. The zero-order chi connectivity index (χ0) is 11.2. The van der Waals surface area contributed by atoms with Crippen LogP contribution in [0.5, 0.6) is 0 Å². The van der Waals surface area contributed by atoms with Gasteiger partial charge < -0.3 is 0 Å². The smallest absolute Gasteiger partial charge is 0.0557 e. The van der Waals surface area contributed by atoms with Crippen LogP contribution < -0.4 is 5.43 Å². The molecular formula is C11H22N2O. The fourth-order valence-corrected chi connectivity index (χ4v) is 1.97. The summed E-state index contributed by atoms with van der Waals surface area (Å²) in [5, 5.41) is 2.78. The van der Waals surface area contributed by atoms with E-state index in [2.05, 4.69) is 45.0 Å². The van der Waals surface area contributed by atoms with Crippen molar-refractivity contribution in [2.45, 2.75) is 46.6 Å². The van der Waals surface area contributed by atoms with Crippen molar-refractivity contribution in [2.75, 3.05) is 0 Å².